The number of anilines is 3. The fourth-order valence-electron chi connectivity index (χ4n) is 6.66. The van der Waals surface area contributed by atoms with E-state index in [1.165, 1.54) is 25.9 Å². The van der Waals surface area contributed by atoms with Gasteiger partial charge in [0.05, 0.1) is 26.5 Å². The number of imidazole rings is 1. The van der Waals surface area contributed by atoms with Crippen molar-refractivity contribution in [1.29, 1.82) is 0 Å². The molecule has 0 bridgehead atoms. The number of nitrogens with two attached hydrogens (primary N) is 1. The second-order valence-corrected chi connectivity index (χ2v) is 12.5. The molecule has 4 heterocycles. The van der Waals surface area contributed by atoms with Crippen LogP contribution in [-0.2, 0) is 7.05 Å². The van der Waals surface area contributed by atoms with Crippen molar-refractivity contribution in [2.45, 2.75) is 37.8 Å². The molecule has 3 aromatic heterocycles. The molecule has 2 fully saturated rings. The number of piperazine rings is 1. The van der Waals surface area contributed by atoms with Crippen LogP contribution in [0, 0.1) is 0 Å². The average Bonchev–Trinajstić information content (AvgIpc) is 3.53. The third kappa shape index (κ3) is 4.98. The zero-order valence-corrected chi connectivity index (χ0v) is 25.4. The van der Waals surface area contributed by atoms with Gasteiger partial charge in [-0.2, -0.15) is 0 Å². The molecule has 2 aliphatic rings. The van der Waals surface area contributed by atoms with Crippen molar-refractivity contribution in [2.24, 2.45) is 7.05 Å². The zero-order valence-electron chi connectivity index (χ0n) is 23.9. The first-order chi connectivity index (χ1) is 20.4. The Labute approximate surface area is 255 Å². The van der Waals surface area contributed by atoms with Crippen LogP contribution in [0.3, 0.4) is 0 Å². The van der Waals surface area contributed by atoms with Gasteiger partial charge in [-0.25, -0.2) is 15.0 Å². The van der Waals surface area contributed by atoms with Crippen LogP contribution >= 0.6 is 23.2 Å². The lowest BCUT2D eigenvalue weighted by molar-refractivity contribution is 0.0828. The molecule has 218 valence electrons. The minimum absolute atomic E-state index is 0.403. The van der Waals surface area contributed by atoms with E-state index in [9.17, 15) is 0 Å². The van der Waals surface area contributed by atoms with Gasteiger partial charge in [0.25, 0.3) is 0 Å². The van der Waals surface area contributed by atoms with Crippen molar-refractivity contribution in [1.82, 2.24) is 33.9 Å². The lowest BCUT2D eigenvalue weighted by Gasteiger charge is -2.41. The third-order valence-corrected chi connectivity index (χ3v) is 9.85. The Morgan fingerprint density at radius 2 is 1.57 bits per heavy atom. The number of nitrogens with one attached hydrogen (secondary N) is 1. The van der Waals surface area contributed by atoms with Crippen molar-refractivity contribution in [3.63, 3.8) is 0 Å². The van der Waals surface area contributed by atoms with Gasteiger partial charge < -0.3 is 25.1 Å². The topological polar surface area (TPSA) is 93.1 Å². The van der Waals surface area contributed by atoms with E-state index in [1.54, 1.807) is 12.4 Å². The van der Waals surface area contributed by atoms with E-state index >= 15 is 0 Å². The fraction of sp³-hybridized carbons (Fsp3) is 0.387. The summed E-state index contributed by atoms with van der Waals surface area (Å²) in [5, 5.41) is 5.34. The van der Waals surface area contributed by atoms with Crippen LogP contribution in [0.2, 0.25) is 10.0 Å². The standard InChI is InChI=1S/C31H35Cl2N9/c1-39-11-13-41(14-12-39)21-7-9-22(10-8-21)42-17-23(28-29(34)35-18-36-30(28)42)19-3-5-20(6-4-19)37-31-38-26-15-24(32)25(33)16-27(26)40(31)2/h3-6,15-18,21-22H,7-14H2,1-2H3,(H,37,38)(H2,34,35,36). The lowest BCUT2D eigenvalue weighted by atomic mass is 9.89. The summed E-state index contributed by atoms with van der Waals surface area (Å²) < 4.78 is 4.32. The maximum Gasteiger partial charge on any atom is 0.208 e. The van der Waals surface area contributed by atoms with E-state index in [0.29, 0.717) is 33.9 Å². The minimum atomic E-state index is 0.403. The van der Waals surface area contributed by atoms with Gasteiger partial charge in [0.1, 0.15) is 17.8 Å². The van der Waals surface area contributed by atoms with Gasteiger partial charge in [-0.1, -0.05) is 35.3 Å². The summed E-state index contributed by atoms with van der Waals surface area (Å²) in [6, 6.07) is 13.0. The normalized spacial score (nSPS) is 20.5. The summed E-state index contributed by atoms with van der Waals surface area (Å²) in [6.07, 6.45) is 8.52. The highest BCUT2D eigenvalue weighted by Crippen LogP contribution is 2.39. The molecular weight excluding hydrogens is 569 g/mol. The predicted molar refractivity (Wildman–Crippen MR) is 172 cm³/mol. The molecule has 1 aliphatic heterocycles. The van der Waals surface area contributed by atoms with Crippen molar-refractivity contribution >= 4 is 62.7 Å². The molecule has 42 heavy (non-hydrogen) atoms. The summed E-state index contributed by atoms with van der Waals surface area (Å²) in [7, 11) is 4.17. The molecule has 0 radical (unpaired) electrons. The largest absolute Gasteiger partial charge is 0.383 e. The first-order valence-corrected chi connectivity index (χ1v) is 15.3. The number of nitrogen functional groups attached to an aromatic ring is 1. The van der Waals surface area contributed by atoms with Gasteiger partial charge in [0.15, 0.2) is 0 Å². The Kier molecular flexibility index (Phi) is 7.22. The Hall–Kier alpha value is -3.37. The minimum Gasteiger partial charge on any atom is -0.383 e. The van der Waals surface area contributed by atoms with Crippen LogP contribution in [0.25, 0.3) is 33.2 Å². The van der Waals surface area contributed by atoms with E-state index in [1.807, 2.05) is 17.7 Å². The Bertz CT molecular complexity index is 1740. The zero-order chi connectivity index (χ0) is 29.0. The quantitative estimate of drug-likeness (QED) is 0.242. The SMILES string of the molecule is CN1CCN(C2CCC(n3cc(-c4ccc(Nc5nc6cc(Cl)c(Cl)cc6n5C)cc4)c4c(N)ncnc43)CC2)CC1. The molecule has 1 saturated carbocycles. The summed E-state index contributed by atoms with van der Waals surface area (Å²) in [4.78, 5) is 18.9. The number of nitrogens with zero attached hydrogens (tertiary/aromatic N) is 7. The van der Waals surface area contributed by atoms with Gasteiger partial charge in [-0.3, -0.25) is 4.90 Å². The Morgan fingerprint density at radius 1 is 0.881 bits per heavy atom. The summed E-state index contributed by atoms with van der Waals surface area (Å²) in [5.74, 6) is 1.22. The molecule has 0 spiro atoms. The number of likely N-dealkylation sites (N-methyl/N-ethyl adjacent to an activating group) is 1. The van der Waals surface area contributed by atoms with Crippen LogP contribution in [0.5, 0.6) is 0 Å². The number of hydrogen-bond donors (Lipinski definition) is 2. The van der Waals surface area contributed by atoms with E-state index in [4.69, 9.17) is 38.9 Å². The van der Waals surface area contributed by atoms with Crippen molar-refractivity contribution < 1.29 is 0 Å². The first-order valence-electron chi connectivity index (χ1n) is 14.6. The van der Waals surface area contributed by atoms with Gasteiger partial charge >= 0.3 is 0 Å². The smallest absolute Gasteiger partial charge is 0.208 e. The van der Waals surface area contributed by atoms with Gasteiger partial charge in [0, 0.05) is 62.8 Å². The molecule has 2 aromatic carbocycles. The van der Waals surface area contributed by atoms with Gasteiger partial charge in [0.2, 0.25) is 5.95 Å². The number of fused-ring (bicyclic) bond motifs is 2. The van der Waals surface area contributed by atoms with Crippen molar-refractivity contribution in [3.05, 3.63) is 59.0 Å². The molecule has 0 unspecified atom stereocenters. The molecule has 7 rings (SSSR count). The van der Waals surface area contributed by atoms with Gasteiger partial charge in [-0.15, -0.1) is 0 Å². The van der Waals surface area contributed by atoms with E-state index < -0.39 is 0 Å². The highest BCUT2D eigenvalue weighted by Gasteiger charge is 2.30. The van der Waals surface area contributed by atoms with E-state index in [-0.39, 0.29) is 0 Å². The van der Waals surface area contributed by atoms with Crippen LogP contribution in [0.1, 0.15) is 31.7 Å². The van der Waals surface area contributed by atoms with Crippen LogP contribution in [0.4, 0.5) is 17.5 Å². The second kappa shape index (κ2) is 11.0. The Balaban J connectivity index is 1.13. The molecule has 0 atom stereocenters. The summed E-state index contributed by atoms with van der Waals surface area (Å²) in [5.41, 5.74) is 12.1. The number of hydrogen-bond acceptors (Lipinski definition) is 7. The lowest BCUT2D eigenvalue weighted by Crippen LogP contribution is -2.49. The maximum absolute atomic E-state index is 6.46. The van der Waals surface area contributed by atoms with Crippen molar-refractivity contribution in [2.75, 3.05) is 44.3 Å². The van der Waals surface area contributed by atoms with Gasteiger partial charge in [-0.05, 0) is 62.6 Å². The molecule has 11 heteroatoms. The molecule has 9 nitrogen and oxygen atoms in total. The highest BCUT2D eigenvalue weighted by molar-refractivity contribution is 6.42. The molecule has 5 aromatic rings. The number of benzene rings is 2. The molecule has 3 N–H and O–H groups in total. The molecule has 0 amide bonds. The predicted octanol–water partition coefficient (Wildman–Crippen LogP) is 6.35. The van der Waals surface area contributed by atoms with E-state index in [0.717, 1.165) is 64.8 Å². The monoisotopic (exact) mass is 603 g/mol. The summed E-state index contributed by atoms with van der Waals surface area (Å²) in [6.45, 7) is 4.68. The van der Waals surface area contributed by atoms with Crippen LogP contribution < -0.4 is 11.1 Å². The maximum atomic E-state index is 6.46. The number of aryl methyl sites for hydroxylation is 1. The van der Waals surface area contributed by atoms with Crippen LogP contribution in [0.15, 0.2) is 48.9 Å². The van der Waals surface area contributed by atoms with Crippen molar-refractivity contribution in [3.8, 4) is 11.1 Å². The third-order valence-electron chi connectivity index (χ3n) is 9.13. The number of aromatic nitrogens is 5. The van der Waals surface area contributed by atoms with Crippen LogP contribution in [-0.4, -0.2) is 73.2 Å². The Morgan fingerprint density at radius 3 is 2.31 bits per heavy atom. The molecule has 1 aliphatic carbocycles. The number of halogens is 2. The van der Waals surface area contributed by atoms with E-state index in [2.05, 4.69) is 62.2 Å². The highest BCUT2D eigenvalue weighted by atomic mass is 35.5. The summed E-state index contributed by atoms with van der Waals surface area (Å²) >= 11 is 12.4. The molecule has 1 saturated heterocycles. The molecular formula is C31H35Cl2N9. The average molecular weight is 605 g/mol. The first kappa shape index (κ1) is 27.5. The second-order valence-electron chi connectivity index (χ2n) is 11.7. The fourth-order valence-corrected chi connectivity index (χ4v) is 6.97. The number of rotatable bonds is 5.